The molecule has 1 fully saturated rings. The van der Waals surface area contributed by atoms with E-state index < -0.39 is 23.8 Å². The largest absolute Gasteiger partial charge is 0.480 e. The summed E-state index contributed by atoms with van der Waals surface area (Å²) >= 11 is 0. The molecule has 1 saturated heterocycles. The van der Waals surface area contributed by atoms with Crippen LogP contribution in [0.4, 0.5) is 5.69 Å². The van der Waals surface area contributed by atoms with E-state index in [2.05, 4.69) is 34.3 Å². The first-order valence-corrected chi connectivity index (χ1v) is 11.0. The quantitative estimate of drug-likeness (QED) is 0.586. The van der Waals surface area contributed by atoms with Crippen molar-refractivity contribution in [1.29, 1.82) is 0 Å². The molecule has 1 aliphatic rings. The molecule has 0 aliphatic carbocycles. The molecule has 1 amide bonds. The molecule has 1 aliphatic heterocycles. The number of amides is 1. The monoisotopic (exact) mass is 437 g/mol. The van der Waals surface area contributed by atoms with Crippen LogP contribution in [0, 0.1) is 5.92 Å². The first-order chi connectivity index (χ1) is 15.3. The number of carbonyl (C=O) groups excluding carboxylic acids is 2. The molecule has 2 aromatic rings. The van der Waals surface area contributed by atoms with Crippen molar-refractivity contribution in [3.8, 4) is 0 Å². The van der Waals surface area contributed by atoms with E-state index in [0.29, 0.717) is 12.0 Å². The van der Waals surface area contributed by atoms with Crippen molar-refractivity contribution in [2.45, 2.75) is 25.8 Å². The van der Waals surface area contributed by atoms with Crippen molar-refractivity contribution < 1.29 is 19.5 Å². The van der Waals surface area contributed by atoms with Crippen LogP contribution in [0.5, 0.6) is 0 Å². The zero-order chi connectivity index (χ0) is 23.1. The Hall–Kier alpha value is -3.19. The SMILES string of the molecule is C[C@H](NC(=O)[C@@H](CC(=O)c1ccccc1)Cc1ccc(N2CCN(C)CC2)cc1)C(=O)O. The number of hydrogen-bond donors (Lipinski definition) is 2. The van der Waals surface area contributed by atoms with Crippen LogP contribution in [-0.2, 0) is 16.0 Å². The van der Waals surface area contributed by atoms with Gasteiger partial charge >= 0.3 is 5.97 Å². The van der Waals surface area contributed by atoms with Gasteiger partial charge in [-0.25, -0.2) is 0 Å². The maximum Gasteiger partial charge on any atom is 0.325 e. The zero-order valence-electron chi connectivity index (χ0n) is 18.7. The van der Waals surface area contributed by atoms with Crippen LogP contribution in [0.25, 0.3) is 0 Å². The number of piperazine rings is 1. The summed E-state index contributed by atoms with van der Waals surface area (Å²) < 4.78 is 0. The van der Waals surface area contributed by atoms with Crippen LogP contribution < -0.4 is 10.2 Å². The summed E-state index contributed by atoms with van der Waals surface area (Å²) in [7, 11) is 2.12. The van der Waals surface area contributed by atoms with E-state index in [1.54, 1.807) is 24.3 Å². The molecule has 32 heavy (non-hydrogen) atoms. The van der Waals surface area contributed by atoms with Crippen molar-refractivity contribution in [3.05, 3.63) is 65.7 Å². The molecule has 0 spiro atoms. The van der Waals surface area contributed by atoms with Crippen molar-refractivity contribution in [2.24, 2.45) is 5.92 Å². The number of likely N-dealkylation sites (N-methyl/N-ethyl adjacent to an activating group) is 1. The van der Waals surface area contributed by atoms with Gasteiger partial charge in [0.05, 0.1) is 0 Å². The zero-order valence-corrected chi connectivity index (χ0v) is 18.7. The molecule has 2 N–H and O–H groups in total. The third-order valence-electron chi connectivity index (χ3n) is 5.91. The van der Waals surface area contributed by atoms with Gasteiger partial charge in [0.25, 0.3) is 0 Å². The summed E-state index contributed by atoms with van der Waals surface area (Å²) in [6.07, 6.45) is 0.377. The lowest BCUT2D eigenvalue weighted by atomic mass is 9.91. The number of hydrogen-bond acceptors (Lipinski definition) is 5. The Kier molecular flexibility index (Phi) is 8.00. The van der Waals surface area contributed by atoms with Gasteiger partial charge in [0.15, 0.2) is 5.78 Å². The van der Waals surface area contributed by atoms with Crippen molar-refractivity contribution in [3.63, 3.8) is 0 Å². The van der Waals surface area contributed by atoms with Crippen LogP contribution in [0.1, 0.15) is 29.3 Å². The second-order valence-electron chi connectivity index (χ2n) is 8.42. The number of carbonyl (C=O) groups is 3. The van der Waals surface area contributed by atoms with Crippen molar-refractivity contribution in [1.82, 2.24) is 10.2 Å². The predicted octanol–water partition coefficient (Wildman–Crippen LogP) is 2.46. The van der Waals surface area contributed by atoms with Gasteiger partial charge in [0, 0.05) is 49.8 Å². The molecule has 170 valence electrons. The molecular weight excluding hydrogens is 406 g/mol. The molecular formula is C25H31N3O4. The van der Waals surface area contributed by atoms with Gasteiger partial charge in [-0.1, -0.05) is 42.5 Å². The maximum atomic E-state index is 12.8. The number of nitrogens with one attached hydrogen (secondary N) is 1. The van der Waals surface area contributed by atoms with Gasteiger partial charge < -0.3 is 20.2 Å². The highest BCUT2D eigenvalue weighted by Crippen LogP contribution is 2.21. The van der Waals surface area contributed by atoms with E-state index in [9.17, 15) is 14.4 Å². The number of carboxylic acid groups (broad SMARTS) is 1. The summed E-state index contributed by atoms with van der Waals surface area (Å²) in [6.45, 7) is 5.40. The number of rotatable bonds is 9. The fourth-order valence-corrected chi connectivity index (χ4v) is 3.81. The minimum atomic E-state index is -1.11. The Morgan fingerprint density at radius 3 is 2.19 bits per heavy atom. The molecule has 7 heteroatoms. The Bertz CT molecular complexity index is 922. The highest BCUT2D eigenvalue weighted by Gasteiger charge is 2.26. The van der Waals surface area contributed by atoms with Crippen LogP contribution in [0.2, 0.25) is 0 Å². The Labute approximate surface area is 189 Å². The van der Waals surface area contributed by atoms with Gasteiger partial charge in [0.2, 0.25) is 5.91 Å². The van der Waals surface area contributed by atoms with E-state index in [1.807, 2.05) is 18.2 Å². The fraction of sp³-hybridized carbons (Fsp3) is 0.400. The lowest BCUT2D eigenvalue weighted by Gasteiger charge is -2.34. The number of benzene rings is 2. The average Bonchev–Trinajstić information content (AvgIpc) is 2.80. The van der Waals surface area contributed by atoms with Crippen molar-refractivity contribution in [2.75, 3.05) is 38.1 Å². The highest BCUT2D eigenvalue weighted by atomic mass is 16.4. The molecule has 2 aromatic carbocycles. The standard InChI is InChI=1S/C25H31N3O4/c1-18(25(31)32)26-24(30)21(17-23(29)20-6-4-3-5-7-20)16-19-8-10-22(11-9-19)28-14-12-27(2)13-15-28/h3-11,18,21H,12-17H2,1-2H3,(H,26,30)(H,31,32)/t18-,21+/m0/s1. The minimum Gasteiger partial charge on any atom is -0.480 e. The Balaban J connectivity index is 1.71. The average molecular weight is 438 g/mol. The first-order valence-electron chi connectivity index (χ1n) is 11.0. The lowest BCUT2D eigenvalue weighted by Crippen LogP contribution is -2.44. The molecule has 7 nitrogen and oxygen atoms in total. The smallest absolute Gasteiger partial charge is 0.325 e. The number of ketones is 1. The number of carboxylic acids is 1. The number of aliphatic carboxylic acids is 1. The summed E-state index contributed by atoms with van der Waals surface area (Å²) in [4.78, 5) is 41.4. The van der Waals surface area contributed by atoms with Gasteiger partial charge in [-0.15, -0.1) is 0 Å². The van der Waals surface area contributed by atoms with Gasteiger partial charge in [-0.05, 0) is 38.1 Å². The fourth-order valence-electron chi connectivity index (χ4n) is 3.81. The van der Waals surface area contributed by atoms with Crippen molar-refractivity contribution >= 4 is 23.3 Å². The second-order valence-corrected chi connectivity index (χ2v) is 8.42. The molecule has 3 rings (SSSR count). The van der Waals surface area contributed by atoms with E-state index in [0.717, 1.165) is 37.4 Å². The van der Waals surface area contributed by atoms with E-state index in [4.69, 9.17) is 5.11 Å². The molecule has 0 unspecified atom stereocenters. The Morgan fingerprint density at radius 2 is 1.59 bits per heavy atom. The molecule has 0 aromatic heterocycles. The molecule has 1 heterocycles. The maximum absolute atomic E-state index is 12.8. The number of Topliss-reactive ketones (excluding diaryl/α,β-unsaturated/α-hetero) is 1. The van der Waals surface area contributed by atoms with Crippen LogP contribution in [0.15, 0.2) is 54.6 Å². The minimum absolute atomic E-state index is 0.0163. The predicted molar refractivity (Wildman–Crippen MR) is 124 cm³/mol. The van der Waals surface area contributed by atoms with E-state index in [1.165, 1.54) is 6.92 Å². The number of anilines is 1. The van der Waals surface area contributed by atoms with Gasteiger partial charge in [-0.2, -0.15) is 0 Å². The molecule has 2 atom stereocenters. The first kappa shape index (κ1) is 23.5. The normalized spacial score (nSPS) is 16.2. The molecule has 0 radical (unpaired) electrons. The molecule has 0 saturated carbocycles. The second kappa shape index (κ2) is 10.9. The van der Waals surface area contributed by atoms with Crippen LogP contribution >= 0.6 is 0 Å². The van der Waals surface area contributed by atoms with E-state index in [-0.39, 0.29) is 12.2 Å². The topological polar surface area (TPSA) is 90.0 Å². The van der Waals surface area contributed by atoms with Gasteiger partial charge in [-0.3, -0.25) is 14.4 Å². The summed E-state index contributed by atoms with van der Waals surface area (Å²) in [5, 5.41) is 11.7. The van der Waals surface area contributed by atoms with E-state index >= 15 is 0 Å². The van der Waals surface area contributed by atoms with Gasteiger partial charge in [0.1, 0.15) is 6.04 Å². The Morgan fingerprint density at radius 1 is 0.969 bits per heavy atom. The third-order valence-corrected chi connectivity index (χ3v) is 5.91. The summed E-state index contributed by atoms with van der Waals surface area (Å²) in [5.74, 6) is -2.32. The molecule has 0 bridgehead atoms. The summed E-state index contributed by atoms with van der Waals surface area (Å²) in [6, 6.07) is 15.9. The third kappa shape index (κ3) is 6.40. The van der Waals surface area contributed by atoms with Crippen LogP contribution in [-0.4, -0.2) is 66.9 Å². The highest BCUT2D eigenvalue weighted by molar-refractivity contribution is 5.99. The lowest BCUT2D eigenvalue weighted by molar-refractivity contribution is -0.141. The van der Waals surface area contributed by atoms with Crippen LogP contribution in [0.3, 0.4) is 0 Å². The summed E-state index contributed by atoms with van der Waals surface area (Å²) in [5.41, 5.74) is 2.62. The number of nitrogens with zero attached hydrogens (tertiary/aromatic N) is 2.